The van der Waals surface area contributed by atoms with Crippen LogP contribution < -0.4 is 21.1 Å². The van der Waals surface area contributed by atoms with Crippen molar-refractivity contribution in [3.8, 4) is 0 Å². The van der Waals surface area contributed by atoms with Crippen molar-refractivity contribution < 1.29 is 18.7 Å². The summed E-state index contributed by atoms with van der Waals surface area (Å²) in [6, 6.07) is 8.44. The summed E-state index contributed by atoms with van der Waals surface area (Å²) in [5.41, 5.74) is 2.93. The summed E-state index contributed by atoms with van der Waals surface area (Å²) in [4.78, 5) is 43.3. The number of nitrogens with one attached hydrogen (secondary N) is 2. The minimum Gasteiger partial charge on any atom is -0.444 e. The smallest absolute Gasteiger partial charge is 0.414 e. The van der Waals surface area contributed by atoms with Gasteiger partial charge in [-0.05, 0) is 43.7 Å². The molecule has 3 aliphatic rings. The molecule has 0 aliphatic carbocycles. The maximum Gasteiger partial charge on any atom is 0.414 e. The van der Waals surface area contributed by atoms with Crippen LogP contribution in [0.1, 0.15) is 18.0 Å². The zero-order valence-electron chi connectivity index (χ0n) is 18.6. The number of ether oxygens (including phenoxy) is 1. The van der Waals surface area contributed by atoms with Crippen molar-refractivity contribution in [2.75, 3.05) is 35.6 Å². The lowest BCUT2D eigenvalue weighted by Crippen LogP contribution is -2.32. The van der Waals surface area contributed by atoms with Crippen LogP contribution in [0.2, 0.25) is 0 Å². The number of hydrogen-bond acceptors (Lipinski definition) is 7. The number of aromatic nitrogens is 2. The highest BCUT2D eigenvalue weighted by atomic mass is 32.2. The number of halogens is 1. The first-order chi connectivity index (χ1) is 17.0. The molecule has 1 saturated heterocycles. The lowest BCUT2D eigenvalue weighted by molar-refractivity contribution is -0.113. The minimum absolute atomic E-state index is 0.0598. The number of fused-ring (bicyclic) bond motifs is 1. The van der Waals surface area contributed by atoms with Gasteiger partial charge in [0, 0.05) is 28.8 Å². The van der Waals surface area contributed by atoms with Crippen LogP contribution in [0.15, 0.2) is 46.2 Å². The number of nitrogens with zero attached hydrogens (tertiary/aromatic N) is 3. The first kappa shape index (κ1) is 22.1. The monoisotopic (exact) mass is 495 g/mol. The molecule has 0 saturated carbocycles. The molecule has 2 aromatic heterocycles. The second kappa shape index (κ2) is 8.65. The van der Waals surface area contributed by atoms with Gasteiger partial charge in [-0.3, -0.25) is 19.5 Å². The Labute approximate surface area is 203 Å². The Morgan fingerprint density at radius 3 is 3.00 bits per heavy atom. The Bertz CT molecular complexity index is 1430. The second-order valence-electron chi connectivity index (χ2n) is 8.84. The van der Waals surface area contributed by atoms with Gasteiger partial charge in [-0.25, -0.2) is 9.18 Å². The van der Waals surface area contributed by atoms with Crippen molar-refractivity contribution in [3.63, 3.8) is 0 Å². The van der Waals surface area contributed by atoms with E-state index in [1.807, 2.05) is 12.1 Å². The van der Waals surface area contributed by atoms with Crippen LogP contribution in [0.25, 0.3) is 11.0 Å². The molecule has 3 aliphatic heterocycles. The largest absolute Gasteiger partial charge is 0.444 e. The summed E-state index contributed by atoms with van der Waals surface area (Å²) in [6.45, 7) is 1.46. The van der Waals surface area contributed by atoms with Crippen LogP contribution in [0, 0.1) is 5.82 Å². The predicted molar refractivity (Wildman–Crippen MR) is 130 cm³/mol. The van der Waals surface area contributed by atoms with Gasteiger partial charge < -0.3 is 19.9 Å². The van der Waals surface area contributed by atoms with Crippen molar-refractivity contribution in [1.29, 1.82) is 0 Å². The molecule has 2 atom stereocenters. The van der Waals surface area contributed by atoms with E-state index in [4.69, 9.17) is 4.74 Å². The molecule has 0 radical (unpaired) electrons. The Morgan fingerprint density at radius 2 is 2.11 bits per heavy atom. The number of hydrogen-bond donors (Lipinski definition) is 2. The maximum atomic E-state index is 14.3. The number of cyclic esters (lactones) is 1. The molecule has 0 spiro atoms. The molecule has 11 heteroatoms. The number of benzene rings is 1. The molecular weight excluding hydrogens is 473 g/mol. The van der Waals surface area contributed by atoms with Gasteiger partial charge in [-0.2, -0.15) is 0 Å². The van der Waals surface area contributed by atoms with Crippen LogP contribution >= 0.6 is 11.8 Å². The van der Waals surface area contributed by atoms with Crippen molar-refractivity contribution >= 4 is 46.2 Å². The van der Waals surface area contributed by atoms with Gasteiger partial charge in [0.25, 0.3) is 5.56 Å². The third-order valence-corrected chi connectivity index (χ3v) is 7.68. The molecule has 2 amide bonds. The number of amides is 2. The molecular formula is C24H22FN5O4S. The Morgan fingerprint density at radius 1 is 1.23 bits per heavy atom. The van der Waals surface area contributed by atoms with E-state index < -0.39 is 11.9 Å². The topological polar surface area (TPSA) is 106 Å². The van der Waals surface area contributed by atoms with Crippen molar-refractivity contribution in [2.24, 2.45) is 0 Å². The zero-order chi connectivity index (χ0) is 24.1. The predicted octanol–water partition coefficient (Wildman–Crippen LogP) is 2.68. The number of anilines is 2. The van der Waals surface area contributed by atoms with E-state index in [-0.39, 0.29) is 23.6 Å². The van der Waals surface area contributed by atoms with Gasteiger partial charge in [0.1, 0.15) is 11.9 Å². The molecule has 3 aromatic rings. The molecule has 5 heterocycles. The molecule has 9 nitrogen and oxygen atoms in total. The van der Waals surface area contributed by atoms with Gasteiger partial charge in [-0.15, -0.1) is 11.8 Å². The normalized spacial score (nSPS) is 20.8. The van der Waals surface area contributed by atoms with Crippen LogP contribution in [-0.4, -0.2) is 53.0 Å². The summed E-state index contributed by atoms with van der Waals surface area (Å²) in [5, 5.41) is 6.17. The van der Waals surface area contributed by atoms with Crippen molar-refractivity contribution in [1.82, 2.24) is 14.9 Å². The van der Waals surface area contributed by atoms with Gasteiger partial charge >= 0.3 is 6.09 Å². The summed E-state index contributed by atoms with van der Waals surface area (Å²) in [5.74, 6) is -0.0662. The number of thioether (sulfide) groups is 1. The molecule has 6 rings (SSSR count). The van der Waals surface area contributed by atoms with E-state index in [1.54, 1.807) is 21.6 Å². The second-order valence-corrected chi connectivity index (χ2v) is 9.86. The van der Waals surface area contributed by atoms with E-state index in [9.17, 15) is 18.8 Å². The SMILES string of the molecule is O=C1CSc2ccc(N3C[C@@H](CCNCC4Cc5c(F)cnc6ccc(=O)n4c56)OC3=O)cc2N1. The van der Waals surface area contributed by atoms with E-state index in [0.29, 0.717) is 66.2 Å². The Balaban J connectivity index is 1.06. The number of carbonyl (C=O) groups excluding carboxylic acids is 2. The van der Waals surface area contributed by atoms with Crippen LogP contribution in [0.3, 0.4) is 0 Å². The van der Waals surface area contributed by atoms with Gasteiger partial charge in [0.2, 0.25) is 5.91 Å². The number of rotatable bonds is 6. The molecule has 2 N–H and O–H groups in total. The third-order valence-electron chi connectivity index (χ3n) is 6.61. The number of carbonyl (C=O) groups is 2. The fraction of sp³-hybridized carbons (Fsp3) is 0.333. The number of pyridine rings is 2. The van der Waals surface area contributed by atoms with E-state index in [2.05, 4.69) is 15.6 Å². The minimum atomic E-state index is -0.419. The highest BCUT2D eigenvalue weighted by molar-refractivity contribution is 8.00. The van der Waals surface area contributed by atoms with Gasteiger partial charge in [-0.1, -0.05) is 0 Å². The van der Waals surface area contributed by atoms with Crippen molar-refractivity contribution in [2.45, 2.75) is 29.9 Å². The van der Waals surface area contributed by atoms with Crippen LogP contribution in [-0.2, 0) is 16.0 Å². The highest BCUT2D eigenvalue weighted by Gasteiger charge is 2.33. The molecule has 180 valence electrons. The van der Waals surface area contributed by atoms with Gasteiger partial charge in [0.15, 0.2) is 0 Å². The molecule has 1 fully saturated rings. The van der Waals surface area contributed by atoms with E-state index in [1.165, 1.54) is 24.0 Å². The maximum absolute atomic E-state index is 14.3. The van der Waals surface area contributed by atoms with E-state index >= 15 is 0 Å². The molecule has 0 bridgehead atoms. The van der Waals surface area contributed by atoms with E-state index in [0.717, 1.165) is 4.90 Å². The highest BCUT2D eigenvalue weighted by Crippen LogP contribution is 2.36. The fourth-order valence-corrected chi connectivity index (χ4v) is 5.75. The average molecular weight is 496 g/mol. The third kappa shape index (κ3) is 3.94. The molecule has 1 aromatic carbocycles. The lowest BCUT2D eigenvalue weighted by atomic mass is 10.1. The zero-order valence-corrected chi connectivity index (χ0v) is 19.4. The fourth-order valence-electron chi connectivity index (χ4n) is 4.96. The molecule has 1 unspecified atom stereocenters. The summed E-state index contributed by atoms with van der Waals surface area (Å²) >= 11 is 1.47. The summed E-state index contributed by atoms with van der Waals surface area (Å²) < 4.78 is 21.5. The standard InChI is InChI=1S/C24H22FN5O4S/c25-17-10-27-18-2-4-22(32)30-14(7-16(17)23(18)30)9-26-6-5-15-11-29(24(33)34-15)13-1-3-20-19(8-13)28-21(31)12-35-20/h1-4,8,10,14-15,26H,5-7,9,11-12H2,(H,28,31)/t14?,15-/m1/s1. The Kier molecular flexibility index (Phi) is 5.45. The lowest BCUT2D eigenvalue weighted by Gasteiger charge is -2.20. The van der Waals surface area contributed by atoms with Crippen LogP contribution in [0.4, 0.5) is 20.6 Å². The summed E-state index contributed by atoms with van der Waals surface area (Å²) in [7, 11) is 0. The average Bonchev–Trinajstić information content (AvgIpc) is 3.42. The molecule has 35 heavy (non-hydrogen) atoms. The van der Waals surface area contributed by atoms with Crippen molar-refractivity contribution in [3.05, 3.63) is 58.3 Å². The Hall–Kier alpha value is -3.44. The first-order valence-electron chi connectivity index (χ1n) is 11.4. The first-order valence-corrected chi connectivity index (χ1v) is 12.4. The van der Waals surface area contributed by atoms with Crippen LogP contribution in [0.5, 0.6) is 0 Å². The summed E-state index contributed by atoms with van der Waals surface area (Å²) in [6.07, 6.45) is 1.52. The quantitative estimate of drug-likeness (QED) is 0.507. The van der Waals surface area contributed by atoms with Gasteiger partial charge in [0.05, 0.1) is 41.3 Å².